The highest BCUT2D eigenvalue weighted by atomic mass is 32.2. The number of carbonyl (C=O) groups excluding carboxylic acids is 1. The summed E-state index contributed by atoms with van der Waals surface area (Å²) in [5, 5.41) is 0.389. The Morgan fingerprint density at radius 1 is 1.64 bits per heavy atom. The molecule has 1 heterocycles. The van der Waals surface area contributed by atoms with Crippen LogP contribution in [-0.4, -0.2) is 28.9 Å². The van der Waals surface area contributed by atoms with E-state index >= 15 is 0 Å². The molecule has 0 N–H and O–H groups in total. The third-order valence-corrected chi connectivity index (χ3v) is 2.38. The number of methoxy groups -OCH3 is 1. The van der Waals surface area contributed by atoms with Crippen molar-refractivity contribution in [3.8, 4) is 0 Å². The van der Waals surface area contributed by atoms with Crippen LogP contribution in [0.15, 0.2) is 16.1 Å². The molecule has 0 unspecified atom stereocenters. The molecule has 0 aliphatic rings. The summed E-state index contributed by atoms with van der Waals surface area (Å²) in [5.41, 5.74) is -0.402. The third kappa shape index (κ3) is 1.79. The summed E-state index contributed by atoms with van der Waals surface area (Å²) in [7, 11) is 2.77. The lowest BCUT2D eigenvalue weighted by Gasteiger charge is -2.04. The normalized spacial score (nSPS) is 9.93. The average Bonchev–Trinajstić information content (AvgIpc) is 2.20. The lowest BCUT2D eigenvalue weighted by molar-refractivity contribution is 0.0592. The van der Waals surface area contributed by atoms with Gasteiger partial charge in [0.2, 0.25) is 0 Å². The number of hydrogen-bond donors (Lipinski definition) is 0. The zero-order chi connectivity index (χ0) is 10.7. The number of aryl methyl sites for hydroxylation is 1. The molecule has 0 aliphatic carbocycles. The van der Waals surface area contributed by atoms with E-state index in [1.54, 1.807) is 6.26 Å². The van der Waals surface area contributed by atoms with Gasteiger partial charge >= 0.3 is 5.97 Å². The van der Waals surface area contributed by atoms with Crippen LogP contribution < -0.4 is 5.56 Å². The number of hydrogen-bond acceptors (Lipinski definition) is 5. The molecule has 5 nitrogen and oxygen atoms in total. The molecule has 0 saturated carbocycles. The highest BCUT2D eigenvalue weighted by Gasteiger charge is 2.18. The number of carbonyl (C=O) groups is 1. The van der Waals surface area contributed by atoms with Crippen molar-refractivity contribution in [2.45, 2.75) is 5.03 Å². The Labute approximate surface area is 85.1 Å². The fourth-order valence-electron chi connectivity index (χ4n) is 0.955. The predicted molar refractivity (Wildman–Crippen MR) is 52.6 cm³/mol. The van der Waals surface area contributed by atoms with Crippen molar-refractivity contribution in [3.63, 3.8) is 0 Å². The molecule has 76 valence electrons. The van der Waals surface area contributed by atoms with Crippen LogP contribution in [-0.2, 0) is 11.8 Å². The van der Waals surface area contributed by atoms with Gasteiger partial charge < -0.3 is 9.30 Å². The molecule has 1 rings (SSSR count). The fraction of sp³-hybridized carbons (Fsp3) is 0.375. The SMILES string of the molecule is COC(=O)c1c(SC)ncn(C)c1=O. The van der Waals surface area contributed by atoms with Crippen molar-refractivity contribution in [1.82, 2.24) is 9.55 Å². The first-order chi connectivity index (χ1) is 6.61. The van der Waals surface area contributed by atoms with Crippen molar-refractivity contribution >= 4 is 17.7 Å². The van der Waals surface area contributed by atoms with Gasteiger partial charge in [0.25, 0.3) is 5.56 Å². The quantitative estimate of drug-likeness (QED) is 0.402. The van der Waals surface area contributed by atoms with E-state index in [-0.39, 0.29) is 5.56 Å². The number of thioether (sulfide) groups is 1. The van der Waals surface area contributed by atoms with Gasteiger partial charge in [-0.15, -0.1) is 11.8 Å². The smallest absolute Gasteiger partial charge is 0.346 e. The van der Waals surface area contributed by atoms with Gasteiger partial charge in [0.15, 0.2) is 5.56 Å². The second-order valence-electron chi connectivity index (χ2n) is 2.54. The largest absolute Gasteiger partial charge is 0.465 e. The van der Waals surface area contributed by atoms with Crippen LogP contribution in [0.3, 0.4) is 0 Å². The maximum Gasteiger partial charge on any atom is 0.346 e. The Balaban J connectivity index is 3.43. The molecular weight excluding hydrogens is 204 g/mol. The van der Waals surface area contributed by atoms with Crippen LogP contribution >= 0.6 is 11.8 Å². The molecule has 0 radical (unpaired) electrons. The molecule has 0 bridgehead atoms. The first-order valence-electron chi connectivity index (χ1n) is 3.79. The van der Waals surface area contributed by atoms with Crippen LogP contribution in [0.1, 0.15) is 10.4 Å². The first-order valence-corrected chi connectivity index (χ1v) is 5.02. The Morgan fingerprint density at radius 2 is 2.29 bits per heavy atom. The van der Waals surface area contributed by atoms with Gasteiger partial charge in [-0.05, 0) is 6.26 Å². The molecule has 0 fully saturated rings. The van der Waals surface area contributed by atoms with E-state index in [4.69, 9.17) is 0 Å². The molecule has 0 aromatic carbocycles. The van der Waals surface area contributed by atoms with Crippen molar-refractivity contribution in [3.05, 3.63) is 22.2 Å². The maximum absolute atomic E-state index is 11.6. The lowest BCUT2D eigenvalue weighted by atomic mass is 10.3. The number of esters is 1. The average molecular weight is 214 g/mol. The molecule has 0 amide bonds. The summed E-state index contributed by atoms with van der Waals surface area (Å²) in [5.74, 6) is -0.650. The summed E-state index contributed by atoms with van der Waals surface area (Å²) in [6.07, 6.45) is 3.12. The van der Waals surface area contributed by atoms with E-state index in [2.05, 4.69) is 9.72 Å². The summed E-state index contributed by atoms with van der Waals surface area (Å²) in [6, 6.07) is 0. The van der Waals surface area contributed by atoms with Gasteiger partial charge in [0, 0.05) is 7.05 Å². The first kappa shape index (κ1) is 10.8. The van der Waals surface area contributed by atoms with Crippen LogP contribution in [0.25, 0.3) is 0 Å². The van der Waals surface area contributed by atoms with Gasteiger partial charge in [-0.1, -0.05) is 0 Å². The standard InChI is InChI=1S/C8H10N2O3S/c1-10-4-9-6(14-3)5(7(10)11)8(12)13-2/h4H,1-3H3. The van der Waals surface area contributed by atoms with Crippen molar-refractivity contribution in [1.29, 1.82) is 0 Å². The van der Waals surface area contributed by atoms with Crippen LogP contribution in [0.4, 0.5) is 0 Å². The highest BCUT2D eigenvalue weighted by Crippen LogP contribution is 2.13. The number of ether oxygens (including phenoxy) is 1. The highest BCUT2D eigenvalue weighted by molar-refractivity contribution is 7.98. The molecule has 6 heteroatoms. The van der Waals surface area contributed by atoms with Crippen molar-refractivity contribution in [2.24, 2.45) is 7.05 Å². The molecule has 0 aliphatic heterocycles. The van der Waals surface area contributed by atoms with E-state index < -0.39 is 11.5 Å². The van der Waals surface area contributed by atoms with Gasteiger partial charge in [-0.25, -0.2) is 9.78 Å². The zero-order valence-electron chi connectivity index (χ0n) is 8.10. The molecule has 14 heavy (non-hydrogen) atoms. The fourth-order valence-corrected chi connectivity index (χ4v) is 1.48. The van der Waals surface area contributed by atoms with Gasteiger partial charge in [-0.2, -0.15) is 0 Å². The Hall–Kier alpha value is -1.30. The van der Waals surface area contributed by atoms with Crippen molar-refractivity contribution in [2.75, 3.05) is 13.4 Å². The number of rotatable bonds is 2. The Morgan fingerprint density at radius 3 is 2.79 bits per heavy atom. The molecule has 0 saturated heterocycles. The third-order valence-electron chi connectivity index (χ3n) is 1.68. The van der Waals surface area contributed by atoms with E-state index in [1.807, 2.05) is 0 Å². The Kier molecular flexibility index (Phi) is 3.29. The minimum Gasteiger partial charge on any atom is -0.465 e. The van der Waals surface area contributed by atoms with E-state index in [9.17, 15) is 9.59 Å². The van der Waals surface area contributed by atoms with Gasteiger partial charge in [-0.3, -0.25) is 4.79 Å². The second-order valence-corrected chi connectivity index (χ2v) is 3.33. The van der Waals surface area contributed by atoms with E-state index in [0.29, 0.717) is 5.03 Å². The van der Waals surface area contributed by atoms with Crippen LogP contribution in [0, 0.1) is 0 Å². The minimum atomic E-state index is -0.650. The Bertz CT molecular complexity index is 414. The molecule has 0 atom stereocenters. The lowest BCUT2D eigenvalue weighted by Crippen LogP contribution is -2.26. The monoisotopic (exact) mass is 214 g/mol. The second kappa shape index (κ2) is 4.28. The van der Waals surface area contributed by atoms with Gasteiger partial charge in [0.05, 0.1) is 13.4 Å². The van der Waals surface area contributed by atoms with E-state index in [0.717, 1.165) is 0 Å². The predicted octanol–water partition coefficient (Wildman–Crippen LogP) is 0.289. The maximum atomic E-state index is 11.6. The number of nitrogens with zero attached hydrogens (tertiary/aromatic N) is 2. The zero-order valence-corrected chi connectivity index (χ0v) is 8.92. The van der Waals surface area contributed by atoms with Crippen molar-refractivity contribution < 1.29 is 9.53 Å². The number of aromatic nitrogens is 2. The molecule has 1 aromatic rings. The summed E-state index contributed by atoms with van der Waals surface area (Å²) in [4.78, 5) is 26.8. The molecular formula is C8H10N2O3S. The molecule has 1 aromatic heterocycles. The van der Waals surface area contributed by atoms with Crippen LogP contribution in [0.5, 0.6) is 0 Å². The summed E-state index contributed by atoms with van der Waals surface area (Å²) >= 11 is 1.24. The topological polar surface area (TPSA) is 61.2 Å². The summed E-state index contributed by atoms with van der Waals surface area (Å²) < 4.78 is 5.75. The van der Waals surface area contributed by atoms with Crippen LogP contribution in [0.2, 0.25) is 0 Å². The molecule has 0 spiro atoms. The minimum absolute atomic E-state index is 0.00926. The van der Waals surface area contributed by atoms with E-state index in [1.165, 1.54) is 36.8 Å². The van der Waals surface area contributed by atoms with Gasteiger partial charge in [0.1, 0.15) is 5.03 Å². The summed E-state index contributed by atoms with van der Waals surface area (Å²) in [6.45, 7) is 0.